The first-order valence-corrected chi connectivity index (χ1v) is 8.29. The van der Waals surface area contributed by atoms with Crippen LogP contribution in [0, 0.1) is 6.92 Å². The van der Waals surface area contributed by atoms with Gasteiger partial charge < -0.3 is 19.9 Å². The lowest BCUT2D eigenvalue weighted by Crippen LogP contribution is -2.44. The molecule has 2 N–H and O–H groups in total. The molecule has 0 atom stereocenters. The first-order valence-electron chi connectivity index (χ1n) is 8.29. The number of pyridine rings is 1. The van der Waals surface area contributed by atoms with Crippen LogP contribution in [0.1, 0.15) is 52.8 Å². The van der Waals surface area contributed by atoms with E-state index in [0.717, 1.165) is 4.90 Å². The third-order valence-corrected chi connectivity index (χ3v) is 3.08. The Balaban J connectivity index is 3.43. The van der Waals surface area contributed by atoms with E-state index in [-0.39, 0.29) is 12.4 Å². The molecule has 0 unspecified atom stereocenters. The molecule has 1 aromatic rings. The highest BCUT2D eigenvalue weighted by molar-refractivity contribution is 6.08. The number of imide groups is 1. The SMILES string of the molecule is COc1cc(N(C(=O)OC(C)(C)C)C(=O)OC(C)(C)C)nc(C)c1CN. The van der Waals surface area contributed by atoms with Gasteiger partial charge in [0, 0.05) is 23.9 Å². The lowest BCUT2D eigenvalue weighted by molar-refractivity contribution is 0.0429. The Hall–Kier alpha value is -2.35. The van der Waals surface area contributed by atoms with E-state index in [1.54, 1.807) is 48.5 Å². The average Bonchev–Trinajstić information content (AvgIpc) is 2.42. The maximum absolute atomic E-state index is 12.6. The Morgan fingerprint density at radius 2 is 1.54 bits per heavy atom. The molecule has 146 valence electrons. The zero-order valence-electron chi connectivity index (χ0n) is 16.8. The van der Waals surface area contributed by atoms with Crippen molar-refractivity contribution in [3.8, 4) is 5.75 Å². The van der Waals surface area contributed by atoms with Gasteiger partial charge in [0.15, 0.2) is 5.82 Å². The summed E-state index contributed by atoms with van der Waals surface area (Å²) in [6, 6.07) is 1.46. The summed E-state index contributed by atoms with van der Waals surface area (Å²) in [5, 5.41) is 0. The van der Waals surface area contributed by atoms with E-state index in [1.807, 2.05) is 0 Å². The second kappa shape index (κ2) is 7.90. The van der Waals surface area contributed by atoms with Crippen molar-refractivity contribution in [3.63, 3.8) is 0 Å². The highest BCUT2D eigenvalue weighted by atomic mass is 16.6. The number of hydrogen-bond donors (Lipinski definition) is 1. The Kier molecular flexibility index (Phi) is 6.59. The van der Waals surface area contributed by atoms with Crippen LogP contribution in [0.4, 0.5) is 15.4 Å². The Morgan fingerprint density at radius 3 is 1.88 bits per heavy atom. The second-order valence-electron chi connectivity index (χ2n) is 7.75. The van der Waals surface area contributed by atoms with E-state index in [4.69, 9.17) is 19.9 Å². The summed E-state index contributed by atoms with van der Waals surface area (Å²) in [7, 11) is 1.48. The molecule has 1 heterocycles. The van der Waals surface area contributed by atoms with Gasteiger partial charge in [-0.05, 0) is 48.5 Å². The molecule has 0 aliphatic rings. The standard InChI is InChI=1S/C18H29N3O5/c1-11-12(10-19)13(24-8)9-14(20-11)21(15(22)25-17(2,3)4)16(23)26-18(5,6)7/h9H,10,19H2,1-8H3. The molecule has 1 aromatic heterocycles. The van der Waals surface area contributed by atoms with E-state index in [2.05, 4.69) is 4.98 Å². The van der Waals surface area contributed by atoms with Gasteiger partial charge in [0.05, 0.1) is 7.11 Å². The first-order chi connectivity index (χ1) is 11.8. The number of aryl methyl sites for hydroxylation is 1. The fourth-order valence-electron chi connectivity index (χ4n) is 2.08. The summed E-state index contributed by atoms with van der Waals surface area (Å²) in [5.74, 6) is 0.465. The van der Waals surface area contributed by atoms with Gasteiger partial charge in [-0.2, -0.15) is 4.90 Å². The number of anilines is 1. The van der Waals surface area contributed by atoms with E-state index in [0.29, 0.717) is 17.0 Å². The van der Waals surface area contributed by atoms with Crippen LogP contribution < -0.4 is 15.4 Å². The van der Waals surface area contributed by atoms with Crippen LogP contribution in [0.5, 0.6) is 5.75 Å². The predicted octanol–water partition coefficient (Wildman–Crippen LogP) is 3.53. The van der Waals surface area contributed by atoms with Crippen molar-refractivity contribution >= 4 is 18.0 Å². The van der Waals surface area contributed by atoms with Gasteiger partial charge in [-0.1, -0.05) is 0 Å². The van der Waals surface area contributed by atoms with Crippen molar-refractivity contribution in [3.05, 3.63) is 17.3 Å². The number of rotatable bonds is 3. The van der Waals surface area contributed by atoms with E-state index >= 15 is 0 Å². The van der Waals surface area contributed by atoms with Crippen molar-refractivity contribution in [1.29, 1.82) is 0 Å². The molecule has 26 heavy (non-hydrogen) atoms. The number of hydrogen-bond acceptors (Lipinski definition) is 7. The van der Waals surface area contributed by atoms with E-state index in [9.17, 15) is 9.59 Å². The van der Waals surface area contributed by atoms with Crippen molar-refractivity contribution in [1.82, 2.24) is 4.98 Å². The summed E-state index contributed by atoms with van der Waals surface area (Å²) >= 11 is 0. The molecule has 8 nitrogen and oxygen atoms in total. The minimum atomic E-state index is -0.888. The molecule has 0 fully saturated rings. The third-order valence-electron chi connectivity index (χ3n) is 3.08. The maximum atomic E-state index is 12.6. The van der Waals surface area contributed by atoms with E-state index in [1.165, 1.54) is 13.2 Å². The fourth-order valence-corrected chi connectivity index (χ4v) is 2.08. The quantitative estimate of drug-likeness (QED) is 0.871. The average molecular weight is 367 g/mol. The van der Waals surface area contributed by atoms with Gasteiger partial charge in [0.25, 0.3) is 0 Å². The lowest BCUT2D eigenvalue weighted by atomic mass is 10.1. The summed E-state index contributed by atoms with van der Waals surface area (Å²) in [4.78, 5) is 30.4. The number of amides is 2. The first kappa shape index (κ1) is 21.7. The van der Waals surface area contributed by atoms with Crippen molar-refractivity contribution in [2.24, 2.45) is 5.73 Å². The molecule has 0 aliphatic heterocycles. The molecular weight excluding hydrogens is 338 g/mol. The monoisotopic (exact) mass is 367 g/mol. The molecule has 0 bridgehead atoms. The number of methoxy groups -OCH3 is 1. The van der Waals surface area contributed by atoms with Crippen molar-refractivity contribution in [2.75, 3.05) is 12.0 Å². The van der Waals surface area contributed by atoms with Gasteiger partial charge in [-0.25, -0.2) is 14.6 Å². The highest BCUT2D eigenvalue weighted by Gasteiger charge is 2.34. The molecule has 0 aliphatic carbocycles. The number of carbonyl (C=O) groups is 2. The molecule has 0 spiro atoms. The van der Waals surface area contributed by atoms with Gasteiger partial charge in [-0.15, -0.1) is 0 Å². The molecule has 0 aromatic carbocycles. The smallest absolute Gasteiger partial charge is 0.425 e. The van der Waals surface area contributed by atoms with Crippen LogP contribution in [-0.2, 0) is 16.0 Å². The zero-order valence-corrected chi connectivity index (χ0v) is 16.8. The van der Waals surface area contributed by atoms with Crippen LogP contribution in [0.25, 0.3) is 0 Å². The Morgan fingerprint density at radius 1 is 1.08 bits per heavy atom. The van der Waals surface area contributed by atoms with Crippen LogP contribution in [0.3, 0.4) is 0 Å². The molecular formula is C18H29N3O5. The minimum absolute atomic E-state index is 0.0417. The molecule has 0 radical (unpaired) electrons. The Bertz CT molecular complexity index is 647. The third kappa shape index (κ3) is 5.87. The summed E-state index contributed by atoms with van der Waals surface area (Å²) in [6.07, 6.45) is -1.78. The molecule has 0 saturated heterocycles. The van der Waals surface area contributed by atoms with Crippen molar-refractivity contribution < 1.29 is 23.8 Å². The molecule has 2 amide bonds. The van der Waals surface area contributed by atoms with Gasteiger partial charge in [-0.3, -0.25) is 0 Å². The number of ether oxygens (including phenoxy) is 3. The highest BCUT2D eigenvalue weighted by Crippen LogP contribution is 2.28. The topological polar surface area (TPSA) is 104 Å². The fraction of sp³-hybridized carbons (Fsp3) is 0.611. The normalized spacial score (nSPS) is 11.7. The lowest BCUT2D eigenvalue weighted by Gasteiger charge is -2.28. The van der Waals surface area contributed by atoms with Crippen LogP contribution >= 0.6 is 0 Å². The zero-order chi connectivity index (χ0) is 20.3. The number of carbonyl (C=O) groups excluding carboxylic acids is 2. The second-order valence-corrected chi connectivity index (χ2v) is 7.75. The number of nitrogens with zero attached hydrogens (tertiary/aromatic N) is 2. The molecule has 1 rings (SSSR count). The van der Waals surface area contributed by atoms with Crippen LogP contribution in [-0.4, -0.2) is 35.5 Å². The number of nitrogens with two attached hydrogens (primary N) is 1. The van der Waals surface area contributed by atoms with Gasteiger partial charge in [0.2, 0.25) is 0 Å². The largest absolute Gasteiger partial charge is 0.496 e. The van der Waals surface area contributed by atoms with Crippen LogP contribution in [0.15, 0.2) is 6.07 Å². The predicted molar refractivity (Wildman–Crippen MR) is 98.4 cm³/mol. The summed E-state index contributed by atoms with van der Waals surface area (Å²) < 4.78 is 16.0. The summed E-state index contributed by atoms with van der Waals surface area (Å²) in [5.41, 5.74) is 5.35. The Labute approximate surface area is 154 Å². The van der Waals surface area contributed by atoms with E-state index < -0.39 is 23.4 Å². The molecule has 0 saturated carbocycles. The van der Waals surface area contributed by atoms with Crippen molar-refractivity contribution in [2.45, 2.75) is 66.2 Å². The van der Waals surface area contributed by atoms with Crippen LogP contribution in [0.2, 0.25) is 0 Å². The van der Waals surface area contributed by atoms with Gasteiger partial charge in [0.1, 0.15) is 17.0 Å². The summed E-state index contributed by atoms with van der Waals surface area (Å²) in [6.45, 7) is 12.1. The van der Waals surface area contributed by atoms with Gasteiger partial charge >= 0.3 is 12.2 Å². The number of aromatic nitrogens is 1. The minimum Gasteiger partial charge on any atom is -0.496 e. The molecule has 8 heteroatoms. The maximum Gasteiger partial charge on any atom is 0.425 e.